The average Bonchev–Trinajstić information content (AvgIpc) is 3.05. The van der Waals surface area contributed by atoms with Crippen molar-refractivity contribution in [1.82, 2.24) is 15.5 Å². The molecule has 1 aromatic rings. The van der Waals surface area contributed by atoms with E-state index in [1.807, 2.05) is 29.2 Å². The van der Waals surface area contributed by atoms with Gasteiger partial charge in [-0.1, -0.05) is 32.9 Å². The number of amides is 2. The zero-order chi connectivity index (χ0) is 19.6. The number of carbonyl (C=O) groups excluding carboxylic acids is 2. The van der Waals surface area contributed by atoms with E-state index in [4.69, 9.17) is 0 Å². The van der Waals surface area contributed by atoms with Crippen molar-refractivity contribution in [1.29, 1.82) is 0 Å². The minimum absolute atomic E-state index is 0. The number of nitrogens with one attached hydrogen (secondary N) is 2. The second kappa shape index (κ2) is 9.25. The van der Waals surface area contributed by atoms with Gasteiger partial charge in [0.05, 0.1) is 12.1 Å². The van der Waals surface area contributed by atoms with Gasteiger partial charge in [-0.2, -0.15) is 0 Å². The van der Waals surface area contributed by atoms with E-state index in [1.54, 1.807) is 0 Å². The van der Waals surface area contributed by atoms with Crippen molar-refractivity contribution in [2.45, 2.75) is 51.2 Å². The topological polar surface area (TPSA) is 81.7 Å². The van der Waals surface area contributed by atoms with E-state index in [0.29, 0.717) is 44.6 Å². The lowest BCUT2D eigenvalue weighted by Crippen LogP contribution is -2.48. The first-order valence-corrected chi connectivity index (χ1v) is 9.84. The Balaban J connectivity index is 0.00000280. The summed E-state index contributed by atoms with van der Waals surface area (Å²) in [5.74, 6) is -0.0702. The highest BCUT2D eigenvalue weighted by molar-refractivity contribution is 5.94. The van der Waals surface area contributed by atoms with Crippen LogP contribution in [0.3, 0.4) is 0 Å². The molecule has 28 heavy (non-hydrogen) atoms. The quantitative estimate of drug-likeness (QED) is 0.709. The third-order valence-corrected chi connectivity index (χ3v) is 5.66. The van der Waals surface area contributed by atoms with Gasteiger partial charge in [-0.3, -0.25) is 9.59 Å². The van der Waals surface area contributed by atoms with Gasteiger partial charge in [0.15, 0.2) is 0 Å². The number of aliphatic hydroxyl groups is 1. The number of hydrogen-bond acceptors (Lipinski definition) is 4. The van der Waals surface area contributed by atoms with E-state index in [0.717, 1.165) is 0 Å². The van der Waals surface area contributed by atoms with Crippen molar-refractivity contribution in [3.63, 3.8) is 0 Å². The van der Waals surface area contributed by atoms with Crippen LogP contribution in [-0.4, -0.2) is 60.1 Å². The number of benzene rings is 1. The van der Waals surface area contributed by atoms with Gasteiger partial charge in [0.2, 0.25) is 5.91 Å². The number of halogens is 1. The number of nitrogens with zero attached hydrogens (tertiary/aromatic N) is 1. The van der Waals surface area contributed by atoms with Gasteiger partial charge in [-0.05, 0) is 36.0 Å². The Hall–Kier alpha value is -1.63. The largest absolute Gasteiger partial charge is 0.390 e. The monoisotopic (exact) mass is 409 g/mol. The van der Waals surface area contributed by atoms with E-state index in [-0.39, 0.29) is 41.6 Å². The SMILES string of the molecule is CC(C)(C)c1ccc(C(=O)N2CCC(C(=O)N[C@@H]3CNC[C@H]3O)CC2)cc1.Cl. The fraction of sp³-hybridized carbons (Fsp3) is 0.619. The van der Waals surface area contributed by atoms with Gasteiger partial charge >= 0.3 is 0 Å². The minimum Gasteiger partial charge on any atom is -0.390 e. The molecule has 0 aliphatic carbocycles. The van der Waals surface area contributed by atoms with Crippen LogP contribution in [0.5, 0.6) is 0 Å². The number of hydrogen-bond donors (Lipinski definition) is 3. The van der Waals surface area contributed by atoms with Crippen LogP contribution in [-0.2, 0) is 10.2 Å². The van der Waals surface area contributed by atoms with E-state index in [9.17, 15) is 14.7 Å². The highest BCUT2D eigenvalue weighted by Crippen LogP contribution is 2.24. The molecule has 6 nitrogen and oxygen atoms in total. The van der Waals surface area contributed by atoms with E-state index < -0.39 is 6.10 Å². The molecule has 0 saturated carbocycles. The summed E-state index contributed by atoms with van der Waals surface area (Å²) in [5.41, 5.74) is 1.97. The van der Waals surface area contributed by atoms with Crippen molar-refractivity contribution in [3.05, 3.63) is 35.4 Å². The maximum atomic E-state index is 12.7. The highest BCUT2D eigenvalue weighted by Gasteiger charge is 2.32. The van der Waals surface area contributed by atoms with Gasteiger partial charge in [0, 0.05) is 37.7 Å². The van der Waals surface area contributed by atoms with Crippen LogP contribution in [0.4, 0.5) is 0 Å². The number of rotatable bonds is 3. The van der Waals surface area contributed by atoms with Crippen LogP contribution < -0.4 is 10.6 Å². The molecule has 2 atom stereocenters. The molecule has 7 heteroatoms. The van der Waals surface area contributed by atoms with E-state index in [2.05, 4.69) is 31.4 Å². The Morgan fingerprint density at radius 2 is 1.71 bits per heavy atom. The first kappa shape index (κ1) is 22.7. The standard InChI is InChI=1S/C21H31N3O3.ClH/c1-21(2,3)16-6-4-15(5-7-16)20(27)24-10-8-14(9-11-24)19(26)23-17-12-22-13-18(17)25;/h4-7,14,17-18,22,25H,8-13H2,1-3H3,(H,23,26);1H/t17-,18-;/m1./s1. The average molecular weight is 410 g/mol. The van der Waals surface area contributed by atoms with Gasteiger partial charge < -0.3 is 20.6 Å². The predicted octanol–water partition coefficient (Wildman–Crippen LogP) is 1.71. The third kappa shape index (κ3) is 5.25. The van der Waals surface area contributed by atoms with Gasteiger partial charge in [0.25, 0.3) is 5.91 Å². The van der Waals surface area contributed by atoms with Crippen molar-refractivity contribution >= 4 is 24.2 Å². The second-order valence-electron chi connectivity index (χ2n) is 8.73. The molecule has 2 amide bonds. The molecular formula is C21H32ClN3O3. The Bertz CT molecular complexity index is 679. The maximum absolute atomic E-state index is 12.7. The van der Waals surface area contributed by atoms with Crippen molar-refractivity contribution < 1.29 is 14.7 Å². The number of β-amino-alcohol motifs (C(OH)–C–C–N with tert-alkyl or cyclic N) is 1. The zero-order valence-corrected chi connectivity index (χ0v) is 17.7. The lowest BCUT2D eigenvalue weighted by Gasteiger charge is -2.32. The van der Waals surface area contributed by atoms with E-state index >= 15 is 0 Å². The Morgan fingerprint density at radius 3 is 2.21 bits per heavy atom. The van der Waals surface area contributed by atoms with Gasteiger partial charge in [-0.25, -0.2) is 0 Å². The summed E-state index contributed by atoms with van der Waals surface area (Å²) in [6.45, 7) is 8.76. The highest BCUT2D eigenvalue weighted by atomic mass is 35.5. The smallest absolute Gasteiger partial charge is 0.253 e. The number of likely N-dealkylation sites (tertiary alicyclic amines) is 1. The maximum Gasteiger partial charge on any atom is 0.253 e. The van der Waals surface area contributed by atoms with Crippen molar-refractivity contribution in [2.24, 2.45) is 5.92 Å². The summed E-state index contributed by atoms with van der Waals surface area (Å²) in [6.07, 6.45) is 0.800. The van der Waals surface area contributed by atoms with Crippen molar-refractivity contribution in [2.75, 3.05) is 26.2 Å². The molecule has 3 N–H and O–H groups in total. The first-order valence-electron chi connectivity index (χ1n) is 9.84. The molecule has 0 radical (unpaired) electrons. The summed E-state index contributed by atoms with van der Waals surface area (Å²) >= 11 is 0. The summed E-state index contributed by atoms with van der Waals surface area (Å²) < 4.78 is 0. The summed E-state index contributed by atoms with van der Waals surface area (Å²) in [4.78, 5) is 27.0. The number of piperidine rings is 1. The molecule has 0 spiro atoms. The van der Waals surface area contributed by atoms with Crippen LogP contribution in [0.15, 0.2) is 24.3 Å². The molecule has 2 fully saturated rings. The summed E-state index contributed by atoms with van der Waals surface area (Å²) in [5, 5.41) is 15.8. The second-order valence-corrected chi connectivity index (χ2v) is 8.73. The van der Waals surface area contributed by atoms with Gasteiger partial charge in [0.1, 0.15) is 0 Å². The van der Waals surface area contributed by atoms with E-state index in [1.165, 1.54) is 5.56 Å². The molecule has 0 bridgehead atoms. The molecule has 2 aliphatic heterocycles. The van der Waals surface area contributed by atoms with Crippen LogP contribution in [0.1, 0.15) is 49.5 Å². The summed E-state index contributed by atoms with van der Waals surface area (Å²) in [6, 6.07) is 7.63. The first-order chi connectivity index (χ1) is 12.8. The van der Waals surface area contributed by atoms with Crippen LogP contribution >= 0.6 is 12.4 Å². The molecule has 2 saturated heterocycles. The fourth-order valence-corrected chi connectivity index (χ4v) is 3.75. The van der Waals surface area contributed by atoms with Crippen LogP contribution in [0.2, 0.25) is 0 Å². The summed E-state index contributed by atoms with van der Waals surface area (Å²) in [7, 11) is 0. The van der Waals surface area contributed by atoms with Gasteiger partial charge in [-0.15, -0.1) is 12.4 Å². The lowest BCUT2D eigenvalue weighted by molar-refractivity contribution is -0.127. The molecule has 2 heterocycles. The zero-order valence-electron chi connectivity index (χ0n) is 16.9. The Kier molecular flexibility index (Phi) is 7.48. The molecule has 1 aromatic carbocycles. The van der Waals surface area contributed by atoms with Crippen LogP contribution in [0, 0.1) is 5.92 Å². The number of carbonyl (C=O) groups is 2. The van der Waals surface area contributed by atoms with Crippen molar-refractivity contribution in [3.8, 4) is 0 Å². The molecule has 0 unspecified atom stereocenters. The lowest BCUT2D eigenvalue weighted by atomic mass is 9.86. The molecule has 156 valence electrons. The molecule has 0 aromatic heterocycles. The predicted molar refractivity (Wildman–Crippen MR) is 112 cm³/mol. The normalized spacial score (nSPS) is 23.2. The third-order valence-electron chi connectivity index (χ3n) is 5.66. The molecule has 2 aliphatic rings. The molecule has 3 rings (SSSR count). The number of aliphatic hydroxyl groups excluding tert-OH is 1. The van der Waals surface area contributed by atoms with Crippen LogP contribution in [0.25, 0.3) is 0 Å². The molecular weight excluding hydrogens is 378 g/mol. The Labute approximate surface area is 173 Å². The minimum atomic E-state index is -0.522. The Morgan fingerprint density at radius 1 is 1.11 bits per heavy atom. The fourth-order valence-electron chi connectivity index (χ4n) is 3.75.